The quantitative estimate of drug-likeness (QED) is 0.183. The van der Waals surface area contributed by atoms with E-state index < -0.39 is 0 Å². The number of rotatable bonds is 4. The second kappa shape index (κ2) is 11.0. The predicted octanol–water partition coefficient (Wildman–Crippen LogP) is 13.3. The van der Waals surface area contributed by atoms with Crippen molar-refractivity contribution in [2.75, 3.05) is 4.90 Å². The molecule has 3 aliphatic rings. The van der Waals surface area contributed by atoms with Gasteiger partial charge in [-0.25, -0.2) is 0 Å². The van der Waals surface area contributed by atoms with Gasteiger partial charge in [0.15, 0.2) is 0 Å². The third kappa shape index (κ3) is 4.23. The molecule has 0 bridgehead atoms. The Morgan fingerprint density at radius 1 is 0.577 bits per heavy atom. The largest absolute Gasteiger partial charge is 0.483 e. The number of nitrogens with zero attached hydrogens (tertiary/aromatic N) is 1. The molecule has 0 radical (unpaired) electrons. The van der Waals surface area contributed by atoms with Crippen molar-refractivity contribution in [3.63, 3.8) is 0 Å². The first-order valence-corrected chi connectivity index (χ1v) is 19.0. The zero-order chi connectivity index (χ0) is 34.6. The fraction of sp³-hybridized carbons (Fsp3) is 0.102. The molecule has 1 aromatic heterocycles. The molecule has 2 aliphatic carbocycles. The van der Waals surface area contributed by atoms with E-state index in [2.05, 4.69) is 183 Å². The molecule has 52 heavy (non-hydrogen) atoms. The van der Waals surface area contributed by atoms with Crippen molar-refractivity contribution in [1.29, 1.82) is 0 Å². The molecule has 1 aliphatic heterocycles. The molecule has 11 rings (SSSR count). The number of ether oxygens (including phenoxy) is 1. The van der Waals surface area contributed by atoms with Crippen molar-refractivity contribution >= 4 is 53.7 Å². The van der Waals surface area contributed by atoms with Gasteiger partial charge in [0.2, 0.25) is 0 Å². The highest BCUT2D eigenvalue weighted by atomic mass is 32.1. The number of allylic oxidation sites excluding steroid dienone is 2. The van der Waals surface area contributed by atoms with E-state index in [4.69, 9.17) is 4.74 Å². The van der Waals surface area contributed by atoms with E-state index in [9.17, 15) is 0 Å². The zero-order valence-corrected chi connectivity index (χ0v) is 29.8. The Morgan fingerprint density at radius 3 is 2.15 bits per heavy atom. The van der Waals surface area contributed by atoms with Gasteiger partial charge < -0.3 is 9.64 Å². The fourth-order valence-corrected chi connectivity index (χ4v) is 10.3. The minimum absolute atomic E-state index is 0.0769. The van der Waals surface area contributed by atoms with E-state index in [0.717, 1.165) is 22.8 Å². The Balaban J connectivity index is 1.10. The molecule has 7 aromatic carbocycles. The Bertz CT molecular complexity index is 2820. The molecule has 2 unspecified atom stereocenters. The van der Waals surface area contributed by atoms with Crippen molar-refractivity contribution in [3.05, 3.63) is 186 Å². The zero-order valence-electron chi connectivity index (χ0n) is 29.0. The van der Waals surface area contributed by atoms with Crippen LogP contribution < -0.4 is 9.64 Å². The van der Waals surface area contributed by atoms with Crippen LogP contribution >= 0.6 is 11.3 Å². The smallest absolute Gasteiger partial charge is 0.149 e. The minimum atomic E-state index is -0.192. The summed E-state index contributed by atoms with van der Waals surface area (Å²) in [6.07, 6.45) is 6.66. The molecule has 248 valence electrons. The highest BCUT2D eigenvalue weighted by Crippen LogP contribution is 2.54. The maximum Gasteiger partial charge on any atom is 0.149 e. The lowest BCUT2D eigenvalue weighted by atomic mass is 9.82. The summed E-state index contributed by atoms with van der Waals surface area (Å²) in [4.78, 5) is 2.47. The van der Waals surface area contributed by atoms with Gasteiger partial charge in [0.1, 0.15) is 11.9 Å². The summed E-state index contributed by atoms with van der Waals surface area (Å²) < 4.78 is 9.80. The average molecular weight is 686 g/mol. The Hall–Kier alpha value is -5.90. The minimum Gasteiger partial charge on any atom is -0.483 e. The summed E-state index contributed by atoms with van der Waals surface area (Å²) in [5.74, 6) is 1.04. The lowest BCUT2D eigenvalue weighted by Crippen LogP contribution is -2.32. The van der Waals surface area contributed by atoms with E-state index >= 15 is 0 Å². The van der Waals surface area contributed by atoms with Gasteiger partial charge in [0.25, 0.3) is 0 Å². The summed E-state index contributed by atoms with van der Waals surface area (Å²) in [5.41, 5.74) is 12.4. The van der Waals surface area contributed by atoms with Crippen molar-refractivity contribution in [2.45, 2.75) is 31.3 Å². The normalized spacial score (nSPS) is 17.8. The predicted molar refractivity (Wildman–Crippen MR) is 219 cm³/mol. The van der Waals surface area contributed by atoms with Crippen LogP contribution in [0.1, 0.15) is 36.5 Å². The summed E-state index contributed by atoms with van der Waals surface area (Å²) in [6.45, 7) is 4.72. The number of thiophene rings is 1. The van der Waals surface area contributed by atoms with Gasteiger partial charge in [0.05, 0.1) is 5.70 Å². The molecule has 0 N–H and O–H groups in total. The lowest BCUT2D eigenvalue weighted by molar-refractivity contribution is 0.253. The van der Waals surface area contributed by atoms with Crippen LogP contribution in [0, 0.1) is 0 Å². The molecule has 0 amide bonds. The van der Waals surface area contributed by atoms with Crippen LogP contribution in [0.4, 0.5) is 11.4 Å². The number of hydrogen-bond donors (Lipinski definition) is 0. The molecule has 2 atom stereocenters. The van der Waals surface area contributed by atoms with Crippen LogP contribution in [0.5, 0.6) is 5.75 Å². The van der Waals surface area contributed by atoms with Crippen LogP contribution in [0.2, 0.25) is 0 Å². The van der Waals surface area contributed by atoms with Crippen molar-refractivity contribution in [3.8, 4) is 28.0 Å². The highest BCUT2D eigenvalue weighted by molar-refractivity contribution is 7.25. The van der Waals surface area contributed by atoms with Gasteiger partial charge in [-0.15, -0.1) is 11.3 Å². The van der Waals surface area contributed by atoms with Crippen LogP contribution in [0.25, 0.3) is 53.2 Å². The lowest BCUT2D eigenvalue weighted by Gasteiger charge is -2.34. The third-order valence-corrected chi connectivity index (χ3v) is 12.8. The maximum absolute atomic E-state index is 7.19. The molecule has 0 spiro atoms. The van der Waals surface area contributed by atoms with Gasteiger partial charge in [-0.2, -0.15) is 0 Å². The average Bonchev–Trinajstić information content (AvgIpc) is 3.83. The van der Waals surface area contributed by atoms with Gasteiger partial charge in [-0.1, -0.05) is 129 Å². The summed E-state index contributed by atoms with van der Waals surface area (Å²) in [5, 5.41) is 5.10. The third-order valence-electron chi connectivity index (χ3n) is 11.6. The molecule has 0 fully saturated rings. The first kappa shape index (κ1) is 29.8. The summed E-state index contributed by atoms with van der Waals surface area (Å²) in [6, 6.07) is 53.5. The van der Waals surface area contributed by atoms with E-state index in [-0.39, 0.29) is 17.4 Å². The van der Waals surface area contributed by atoms with Gasteiger partial charge in [-0.3, -0.25) is 0 Å². The Morgan fingerprint density at radius 2 is 1.27 bits per heavy atom. The molecule has 2 heterocycles. The molecule has 0 saturated carbocycles. The maximum atomic E-state index is 7.19. The van der Waals surface area contributed by atoms with E-state index in [0.29, 0.717) is 0 Å². The first-order chi connectivity index (χ1) is 25.5. The van der Waals surface area contributed by atoms with Gasteiger partial charge >= 0.3 is 0 Å². The topological polar surface area (TPSA) is 12.5 Å². The molecule has 0 saturated heterocycles. The molecular formula is C49H35NOS. The van der Waals surface area contributed by atoms with Crippen molar-refractivity contribution < 1.29 is 4.74 Å². The SMILES string of the molecule is CC1(C)c2ccccc2-c2ccc(N(C3=CC=CC4c5c(cc(-c6ccccc6)c6ccccc56)OC34)c3ccc4sc5ccccc5c4c3)cc21. The molecule has 8 aromatic rings. The van der Waals surface area contributed by atoms with Crippen LogP contribution in [-0.2, 0) is 5.41 Å². The molecule has 2 nitrogen and oxygen atoms in total. The van der Waals surface area contributed by atoms with Gasteiger partial charge in [0, 0.05) is 48.4 Å². The van der Waals surface area contributed by atoms with Crippen molar-refractivity contribution in [2.24, 2.45) is 0 Å². The summed E-state index contributed by atoms with van der Waals surface area (Å²) in [7, 11) is 0. The molecular weight excluding hydrogens is 651 g/mol. The number of fused-ring (bicyclic) bond motifs is 11. The van der Waals surface area contributed by atoms with E-state index in [1.807, 2.05) is 11.3 Å². The number of hydrogen-bond acceptors (Lipinski definition) is 3. The van der Waals surface area contributed by atoms with E-state index in [1.165, 1.54) is 69.9 Å². The van der Waals surface area contributed by atoms with Gasteiger partial charge in [-0.05, 0) is 92.7 Å². The fourth-order valence-electron chi connectivity index (χ4n) is 9.18. The van der Waals surface area contributed by atoms with Crippen LogP contribution in [-0.4, -0.2) is 6.10 Å². The first-order valence-electron chi connectivity index (χ1n) is 18.2. The Kier molecular flexibility index (Phi) is 6.33. The van der Waals surface area contributed by atoms with E-state index in [1.54, 1.807) is 0 Å². The molecule has 3 heteroatoms. The van der Waals surface area contributed by atoms with Crippen LogP contribution in [0.3, 0.4) is 0 Å². The highest BCUT2D eigenvalue weighted by Gasteiger charge is 2.42. The van der Waals surface area contributed by atoms with Crippen LogP contribution in [0.15, 0.2) is 170 Å². The number of benzene rings is 7. The second-order valence-electron chi connectivity index (χ2n) is 14.8. The summed E-state index contributed by atoms with van der Waals surface area (Å²) >= 11 is 1.86. The Labute approximate surface area is 307 Å². The number of anilines is 2. The monoisotopic (exact) mass is 685 g/mol. The van der Waals surface area contributed by atoms with Crippen molar-refractivity contribution in [1.82, 2.24) is 0 Å². The second-order valence-corrected chi connectivity index (χ2v) is 15.9. The standard InChI is InChI=1S/C49H35NOS/c1-49(2)41-20-10-8-16-34(41)35-25-23-32(28-42(35)49)50(31-24-26-46-40(27-31)36-17-9-11-22-45(36)52-46)43-21-12-19-38-47-37-18-7-6-15-33(37)39(29-44(47)51-48(38)43)30-13-4-3-5-14-30/h3-29,38,48H,1-2H3.